The first-order chi connectivity index (χ1) is 17.9. The largest absolute Gasteiger partial charge is 0.340 e. The number of hydrogen-bond acceptors (Lipinski definition) is 5. The number of amidine groups is 1. The van der Waals surface area contributed by atoms with Gasteiger partial charge in [-0.2, -0.15) is 0 Å². The average Bonchev–Trinajstić information content (AvgIpc) is 3.34. The first-order valence-electron chi connectivity index (χ1n) is 12.0. The average molecular weight is 511 g/mol. The SMILES string of the molecule is CCN1C(=O)/C(=C\c2c(C)n(Cc3ccc([N+](=O)[O-])cc3)c3ccccc23)SC1=Nc1ccc(C)cc1. The number of hydrogen-bond donors (Lipinski definition) is 0. The second kappa shape index (κ2) is 10.1. The van der Waals surface area contributed by atoms with Crippen LogP contribution in [0.25, 0.3) is 17.0 Å². The standard InChI is InChI=1S/C29H26N4O3S/c1-4-31-28(34)27(37-29(31)30-22-13-9-19(2)10-14-22)17-25-20(3)32(26-8-6-5-7-24(25)26)18-21-11-15-23(16-12-21)33(35)36/h5-17H,4,18H2,1-3H3/b27-17+,30-29?. The van der Waals surface area contributed by atoms with Crippen LogP contribution in [-0.2, 0) is 11.3 Å². The molecule has 186 valence electrons. The summed E-state index contributed by atoms with van der Waals surface area (Å²) >= 11 is 1.39. The zero-order valence-electron chi connectivity index (χ0n) is 20.8. The molecule has 0 saturated carbocycles. The molecule has 7 nitrogen and oxygen atoms in total. The number of aromatic nitrogens is 1. The van der Waals surface area contributed by atoms with E-state index in [4.69, 9.17) is 4.99 Å². The topological polar surface area (TPSA) is 80.7 Å². The summed E-state index contributed by atoms with van der Waals surface area (Å²) in [5.74, 6) is -0.0510. The molecular formula is C29H26N4O3S. The molecule has 1 aliphatic heterocycles. The van der Waals surface area contributed by atoms with Crippen molar-refractivity contribution in [2.45, 2.75) is 27.3 Å². The number of aryl methyl sites for hydroxylation is 1. The number of fused-ring (bicyclic) bond motifs is 1. The molecule has 0 atom stereocenters. The van der Waals surface area contributed by atoms with Crippen LogP contribution >= 0.6 is 11.8 Å². The van der Waals surface area contributed by atoms with Crippen LogP contribution in [0.3, 0.4) is 0 Å². The fraction of sp³-hybridized carbons (Fsp3) is 0.172. The molecule has 3 aromatic carbocycles. The summed E-state index contributed by atoms with van der Waals surface area (Å²) in [7, 11) is 0. The van der Waals surface area contributed by atoms with Crippen LogP contribution in [0.1, 0.15) is 29.3 Å². The van der Waals surface area contributed by atoms with Crippen molar-refractivity contribution in [2.24, 2.45) is 4.99 Å². The van der Waals surface area contributed by atoms with Gasteiger partial charge in [0.25, 0.3) is 11.6 Å². The molecule has 0 aliphatic carbocycles. The van der Waals surface area contributed by atoms with Crippen LogP contribution in [0, 0.1) is 24.0 Å². The van der Waals surface area contributed by atoms with Gasteiger partial charge in [0.05, 0.1) is 15.5 Å². The van der Waals surface area contributed by atoms with Gasteiger partial charge in [0, 0.05) is 47.4 Å². The number of carbonyl (C=O) groups is 1. The lowest BCUT2D eigenvalue weighted by Crippen LogP contribution is -2.28. The number of thioether (sulfide) groups is 1. The Hall–Kier alpha value is -4.17. The Bertz CT molecular complexity index is 1570. The Morgan fingerprint density at radius 3 is 2.38 bits per heavy atom. The van der Waals surface area contributed by atoms with E-state index in [1.165, 1.54) is 23.9 Å². The van der Waals surface area contributed by atoms with E-state index in [9.17, 15) is 14.9 Å². The monoisotopic (exact) mass is 510 g/mol. The van der Waals surface area contributed by atoms with E-state index in [0.29, 0.717) is 23.2 Å². The molecule has 8 heteroatoms. The Morgan fingerprint density at radius 2 is 1.70 bits per heavy atom. The summed E-state index contributed by atoms with van der Waals surface area (Å²) in [4.78, 5) is 31.1. The van der Waals surface area contributed by atoms with E-state index in [1.54, 1.807) is 17.0 Å². The number of amides is 1. The van der Waals surface area contributed by atoms with Crippen molar-refractivity contribution in [3.05, 3.63) is 110 Å². The van der Waals surface area contributed by atoms with E-state index < -0.39 is 4.92 Å². The first kappa shape index (κ1) is 24.5. The van der Waals surface area contributed by atoms with Crippen molar-refractivity contribution in [1.29, 1.82) is 0 Å². The molecule has 1 aliphatic rings. The van der Waals surface area contributed by atoms with Gasteiger partial charge in [0.15, 0.2) is 5.17 Å². The van der Waals surface area contributed by atoms with Crippen molar-refractivity contribution >= 4 is 51.2 Å². The van der Waals surface area contributed by atoms with E-state index in [-0.39, 0.29) is 11.6 Å². The number of likely N-dealkylation sites (N-methyl/N-ethyl adjacent to an activating group) is 1. The van der Waals surface area contributed by atoms with Gasteiger partial charge in [0.2, 0.25) is 0 Å². The number of aliphatic imine (C=N–C) groups is 1. The van der Waals surface area contributed by atoms with Crippen molar-refractivity contribution in [2.75, 3.05) is 6.54 Å². The Kier molecular flexibility index (Phi) is 6.67. The van der Waals surface area contributed by atoms with Crippen LogP contribution in [0.2, 0.25) is 0 Å². The molecule has 4 aromatic rings. The van der Waals surface area contributed by atoms with Crippen LogP contribution < -0.4 is 0 Å². The molecule has 1 aromatic heterocycles. The summed E-state index contributed by atoms with van der Waals surface area (Å²) in [5, 5.41) is 12.8. The summed E-state index contributed by atoms with van der Waals surface area (Å²) in [6.07, 6.45) is 1.97. The van der Waals surface area contributed by atoms with Gasteiger partial charge in [-0.05, 0) is 62.4 Å². The summed E-state index contributed by atoms with van der Waals surface area (Å²) in [6.45, 7) is 7.13. The van der Waals surface area contributed by atoms with Gasteiger partial charge in [-0.25, -0.2) is 4.99 Å². The zero-order valence-corrected chi connectivity index (χ0v) is 21.7. The molecule has 0 bridgehead atoms. The minimum Gasteiger partial charge on any atom is -0.340 e. The van der Waals surface area contributed by atoms with Crippen LogP contribution in [-0.4, -0.2) is 32.0 Å². The van der Waals surface area contributed by atoms with E-state index in [1.807, 2.05) is 63.2 Å². The second-order valence-corrected chi connectivity index (χ2v) is 9.93. The highest BCUT2D eigenvalue weighted by molar-refractivity contribution is 8.18. The number of benzene rings is 3. The normalized spacial score (nSPS) is 15.9. The third-order valence-corrected chi connectivity index (χ3v) is 7.51. The molecule has 2 heterocycles. The molecule has 0 unspecified atom stereocenters. The van der Waals surface area contributed by atoms with Crippen LogP contribution in [0.5, 0.6) is 0 Å². The number of carbonyl (C=O) groups excluding carboxylic acids is 1. The lowest BCUT2D eigenvalue weighted by molar-refractivity contribution is -0.384. The summed E-state index contributed by atoms with van der Waals surface area (Å²) in [5.41, 5.74) is 6.06. The van der Waals surface area contributed by atoms with Gasteiger partial charge < -0.3 is 4.57 Å². The quantitative estimate of drug-likeness (QED) is 0.162. The predicted octanol–water partition coefficient (Wildman–Crippen LogP) is 6.84. The first-order valence-corrected chi connectivity index (χ1v) is 12.8. The third-order valence-electron chi connectivity index (χ3n) is 6.51. The highest BCUT2D eigenvalue weighted by atomic mass is 32.2. The Morgan fingerprint density at radius 1 is 1.00 bits per heavy atom. The number of rotatable bonds is 6. The van der Waals surface area contributed by atoms with E-state index >= 15 is 0 Å². The lowest BCUT2D eigenvalue weighted by Gasteiger charge is -2.12. The molecule has 1 fully saturated rings. The van der Waals surface area contributed by atoms with Gasteiger partial charge >= 0.3 is 0 Å². The van der Waals surface area contributed by atoms with Gasteiger partial charge in [-0.15, -0.1) is 0 Å². The minimum atomic E-state index is -0.392. The molecule has 0 N–H and O–H groups in total. The lowest BCUT2D eigenvalue weighted by atomic mass is 10.1. The van der Waals surface area contributed by atoms with Crippen molar-refractivity contribution in [3.63, 3.8) is 0 Å². The molecule has 37 heavy (non-hydrogen) atoms. The fourth-order valence-corrected chi connectivity index (χ4v) is 5.52. The maximum Gasteiger partial charge on any atom is 0.269 e. The van der Waals surface area contributed by atoms with Crippen molar-refractivity contribution in [3.8, 4) is 0 Å². The summed E-state index contributed by atoms with van der Waals surface area (Å²) < 4.78 is 2.19. The number of para-hydroxylation sites is 1. The zero-order chi connectivity index (χ0) is 26.1. The molecule has 1 amide bonds. The van der Waals surface area contributed by atoms with Gasteiger partial charge in [-0.3, -0.25) is 19.8 Å². The highest BCUT2D eigenvalue weighted by Crippen LogP contribution is 2.37. The number of nitro groups is 1. The third kappa shape index (κ3) is 4.80. The molecular weight excluding hydrogens is 484 g/mol. The smallest absolute Gasteiger partial charge is 0.269 e. The Balaban J connectivity index is 1.53. The number of non-ortho nitro benzene ring substituents is 1. The van der Waals surface area contributed by atoms with Crippen LogP contribution in [0.4, 0.5) is 11.4 Å². The predicted molar refractivity (Wildman–Crippen MR) is 150 cm³/mol. The molecule has 0 radical (unpaired) electrons. The number of nitrogens with zero attached hydrogens (tertiary/aromatic N) is 4. The summed E-state index contributed by atoms with van der Waals surface area (Å²) in [6, 6.07) is 22.7. The Labute approximate surface area is 219 Å². The number of nitro benzene ring substituents is 1. The maximum absolute atomic E-state index is 13.3. The molecule has 0 spiro atoms. The van der Waals surface area contributed by atoms with Crippen molar-refractivity contribution < 1.29 is 9.72 Å². The second-order valence-electron chi connectivity index (χ2n) is 8.92. The minimum absolute atomic E-state index is 0.0510. The van der Waals surface area contributed by atoms with Crippen LogP contribution in [0.15, 0.2) is 82.7 Å². The van der Waals surface area contributed by atoms with Gasteiger partial charge in [0.1, 0.15) is 0 Å². The van der Waals surface area contributed by atoms with Crippen molar-refractivity contribution in [1.82, 2.24) is 9.47 Å². The molecule has 1 saturated heterocycles. The maximum atomic E-state index is 13.3. The highest BCUT2D eigenvalue weighted by Gasteiger charge is 2.32. The fourth-order valence-electron chi connectivity index (χ4n) is 4.48. The van der Waals surface area contributed by atoms with E-state index in [0.717, 1.165) is 39.0 Å². The van der Waals surface area contributed by atoms with E-state index in [2.05, 4.69) is 16.7 Å². The molecule has 5 rings (SSSR count). The van der Waals surface area contributed by atoms with Gasteiger partial charge in [-0.1, -0.05) is 48.0 Å².